The van der Waals surface area contributed by atoms with Gasteiger partial charge in [-0.05, 0) is 64.3 Å². The number of primary amides is 1. The lowest BCUT2D eigenvalue weighted by Gasteiger charge is -2.27. The second kappa shape index (κ2) is 26.9. The first-order chi connectivity index (χ1) is 27.0. The Morgan fingerprint density at radius 2 is 0.914 bits per heavy atom. The van der Waals surface area contributed by atoms with Crippen molar-refractivity contribution < 1.29 is 73.2 Å². The number of nitrogens with two attached hydrogens (primary N) is 3. The Hall–Kier alpha value is -5.91. The first-order valence-electron chi connectivity index (χ1n) is 18.4. The molecule has 328 valence electrons. The van der Waals surface area contributed by atoms with Gasteiger partial charge in [-0.3, -0.25) is 47.9 Å². The SMILES string of the molecule is CC(C)C[C@H](NC(=O)[C@H](CCCCN)NC(=O)[C@H](CCC(=O)O)NC(=O)[C@H](CCC(N)=O)NC(=O)[C@H](C)NC(=O)[C@@H](N)CC(=O)O)C(=O)N[C@@H](CCC(=O)O)C(=O)O. The van der Waals surface area contributed by atoms with E-state index in [1.54, 1.807) is 13.8 Å². The monoisotopic (exact) mass is 831 g/mol. The van der Waals surface area contributed by atoms with Crippen LogP contribution in [0.15, 0.2) is 0 Å². The van der Waals surface area contributed by atoms with Crippen molar-refractivity contribution in [3.05, 3.63) is 0 Å². The van der Waals surface area contributed by atoms with Crippen LogP contribution in [0.3, 0.4) is 0 Å². The summed E-state index contributed by atoms with van der Waals surface area (Å²) in [7, 11) is 0. The second-order valence-corrected chi connectivity index (χ2v) is 13.9. The number of amides is 7. The van der Waals surface area contributed by atoms with Gasteiger partial charge in [-0.1, -0.05) is 13.8 Å². The van der Waals surface area contributed by atoms with E-state index in [4.69, 9.17) is 27.4 Å². The number of rotatable bonds is 30. The van der Waals surface area contributed by atoms with Gasteiger partial charge in [0.15, 0.2) is 0 Å². The smallest absolute Gasteiger partial charge is 0.326 e. The molecule has 0 radical (unpaired) electrons. The number of carboxylic acid groups (broad SMARTS) is 4. The maximum atomic E-state index is 13.7. The highest BCUT2D eigenvalue weighted by molar-refractivity contribution is 5.97. The molecule has 24 heteroatoms. The van der Waals surface area contributed by atoms with Crippen molar-refractivity contribution in [1.82, 2.24) is 31.9 Å². The molecule has 0 spiro atoms. The van der Waals surface area contributed by atoms with Crippen LogP contribution in [0.4, 0.5) is 0 Å². The van der Waals surface area contributed by atoms with Crippen molar-refractivity contribution in [3.8, 4) is 0 Å². The second-order valence-electron chi connectivity index (χ2n) is 13.9. The number of hydrogen-bond donors (Lipinski definition) is 13. The fourth-order valence-corrected chi connectivity index (χ4v) is 5.13. The quantitative estimate of drug-likeness (QED) is 0.0307. The summed E-state index contributed by atoms with van der Waals surface area (Å²) in [6.45, 7) is 4.79. The number of aliphatic carboxylic acids is 4. The van der Waals surface area contributed by atoms with Gasteiger partial charge in [0.2, 0.25) is 41.4 Å². The predicted octanol–water partition coefficient (Wildman–Crippen LogP) is -4.03. The molecule has 0 aromatic heterocycles. The molecule has 58 heavy (non-hydrogen) atoms. The van der Waals surface area contributed by atoms with Crippen molar-refractivity contribution in [2.45, 2.75) is 134 Å². The average molecular weight is 832 g/mol. The average Bonchev–Trinajstić information content (AvgIpc) is 3.11. The fraction of sp³-hybridized carbons (Fsp3) is 0.676. The van der Waals surface area contributed by atoms with Crippen LogP contribution < -0.4 is 49.1 Å². The number of carbonyl (C=O) groups excluding carboxylic acids is 7. The molecule has 0 aromatic rings. The van der Waals surface area contributed by atoms with Gasteiger partial charge >= 0.3 is 23.9 Å². The normalized spacial score (nSPS) is 14.5. The summed E-state index contributed by atoms with van der Waals surface area (Å²) in [5.41, 5.74) is 16.3. The third kappa shape index (κ3) is 22.0. The highest BCUT2D eigenvalue weighted by Crippen LogP contribution is 2.11. The maximum Gasteiger partial charge on any atom is 0.326 e. The molecule has 24 nitrogen and oxygen atoms in total. The standard InChI is InChI=1S/C34H57N9O15/c1-16(2)14-23(33(56)42-22(34(57)58)9-12-26(47)48)43-30(53)19(6-4-5-13-35)40-32(55)21(8-11-25(45)46)41-31(54)20(7-10-24(37)44)39-28(51)17(3)38-29(52)18(36)15-27(49)50/h16-23H,4-15,35-36H2,1-3H3,(H2,37,44)(H,38,52)(H,39,51)(H,40,55)(H,41,54)(H,42,56)(H,43,53)(H,45,46)(H,47,48)(H,49,50)(H,57,58)/t17-,18-,19-,20-,21-,22-,23-/m0/s1. The van der Waals surface area contributed by atoms with Crippen LogP contribution in [0.2, 0.25) is 0 Å². The van der Waals surface area contributed by atoms with Crippen LogP contribution in [0.1, 0.15) is 91.4 Å². The first-order valence-corrected chi connectivity index (χ1v) is 18.4. The summed E-state index contributed by atoms with van der Waals surface area (Å²) in [5.74, 6) is -12.7. The minimum atomic E-state index is -1.67. The number of carboxylic acids is 4. The van der Waals surface area contributed by atoms with E-state index in [1.165, 1.54) is 6.92 Å². The van der Waals surface area contributed by atoms with E-state index in [0.717, 1.165) is 0 Å². The van der Waals surface area contributed by atoms with Crippen molar-refractivity contribution in [1.29, 1.82) is 0 Å². The minimum Gasteiger partial charge on any atom is -0.481 e. The molecule has 0 heterocycles. The van der Waals surface area contributed by atoms with Gasteiger partial charge in [-0.15, -0.1) is 0 Å². The number of hydrogen-bond acceptors (Lipinski definition) is 13. The Morgan fingerprint density at radius 3 is 1.34 bits per heavy atom. The van der Waals surface area contributed by atoms with E-state index >= 15 is 0 Å². The molecule has 7 amide bonds. The lowest BCUT2D eigenvalue weighted by atomic mass is 10.0. The topological polar surface area (TPSA) is 419 Å². The Morgan fingerprint density at radius 1 is 0.500 bits per heavy atom. The summed E-state index contributed by atoms with van der Waals surface area (Å²) in [6, 6.07) is -10.6. The van der Waals surface area contributed by atoms with Gasteiger partial charge in [-0.2, -0.15) is 0 Å². The summed E-state index contributed by atoms with van der Waals surface area (Å²) in [4.78, 5) is 136. The van der Waals surface area contributed by atoms with Crippen LogP contribution in [0, 0.1) is 5.92 Å². The molecule has 7 atom stereocenters. The van der Waals surface area contributed by atoms with Crippen LogP contribution in [-0.4, -0.2) is 134 Å². The van der Waals surface area contributed by atoms with E-state index in [0.29, 0.717) is 6.42 Å². The van der Waals surface area contributed by atoms with Gasteiger partial charge in [0.1, 0.15) is 36.3 Å². The van der Waals surface area contributed by atoms with Crippen molar-refractivity contribution in [2.75, 3.05) is 6.54 Å². The number of unbranched alkanes of at least 4 members (excludes halogenated alkanes) is 1. The summed E-state index contributed by atoms with van der Waals surface area (Å²) in [6.07, 6.45) is -3.34. The molecular weight excluding hydrogens is 774 g/mol. The van der Waals surface area contributed by atoms with Gasteiger partial charge in [-0.25, -0.2) is 4.79 Å². The van der Waals surface area contributed by atoms with Crippen LogP contribution in [0.5, 0.6) is 0 Å². The number of carbonyl (C=O) groups is 11. The van der Waals surface area contributed by atoms with Gasteiger partial charge in [0, 0.05) is 19.3 Å². The number of nitrogens with one attached hydrogen (secondary N) is 6. The third-order valence-electron chi connectivity index (χ3n) is 8.26. The fourth-order valence-electron chi connectivity index (χ4n) is 5.13. The zero-order valence-corrected chi connectivity index (χ0v) is 32.6. The zero-order chi connectivity index (χ0) is 44.7. The Kier molecular flexibility index (Phi) is 24.1. The molecule has 0 saturated carbocycles. The van der Waals surface area contributed by atoms with E-state index in [-0.39, 0.29) is 31.7 Å². The largest absolute Gasteiger partial charge is 0.481 e. The Bertz CT molecular complexity index is 1490. The molecule has 0 rings (SSSR count). The van der Waals surface area contributed by atoms with E-state index in [9.17, 15) is 63.0 Å². The zero-order valence-electron chi connectivity index (χ0n) is 32.6. The van der Waals surface area contributed by atoms with Crippen molar-refractivity contribution in [3.63, 3.8) is 0 Å². The molecule has 16 N–H and O–H groups in total. The summed E-state index contributed by atoms with van der Waals surface area (Å²) < 4.78 is 0. The first kappa shape index (κ1) is 52.1. The van der Waals surface area contributed by atoms with Gasteiger partial charge in [0.05, 0.1) is 12.5 Å². The minimum absolute atomic E-state index is 0.0144. The predicted molar refractivity (Wildman–Crippen MR) is 200 cm³/mol. The van der Waals surface area contributed by atoms with Crippen LogP contribution in [0.25, 0.3) is 0 Å². The van der Waals surface area contributed by atoms with Gasteiger partial charge in [0.25, 0.3) is 0 Å². The lowest BCUT2D eigenvalue weighted by Crippen LogP contribution is -2.59. The lowest BCUT2D eigenvalue weighted by molar-refractivity contribution is -0.144. The summed E-state index contributed by atoms with van der Waals surface area (Å²) >= 11 is 0. The molecule has 0 saturated heterocycles. The Labute approximate surface area is 333 Å². The van der Waals surface area contributed by atoms with Crippen LogP contribution >= 0.6 is 0 Å². The van der Waals surface area contributed by atoms with Crippen molar-refractivity contribution in [2.24, 2.45) is 23.1 Å². The third-order valence-corrected chi connectivity index (χ3v) is 8.26. The molecule has 0 aliphatic rings. The van der Waals surface area contributed by atoms with Crippen molar-refractivity contribution >= 4 is 65.2 Å². The van der Waals surface area contributed by atoms with E-state index in [2.05, 4.69) is 31.9 Å². The summed E-state index contributed by atoms with van der Waals surface area (Å²) in [5, 5.41) is 50.6. The molecular formula is C34H57N9O15. The van der Waals surface area contributed by atoms with E-state index in [1.807, 2.05) is 0 Å². The van der Waals surface area contributed by atoms with Gasteiger partial charge < -0.3 is 69.5 Å². The molecule has 0 bridgehead atoms. The molecule has 0 aromatic carbocycles. The highest BCUT2D eigenvalue weighted by atomic mass is 16.4. The molecule has 0 unspecified atom stereocenters. The highest BCUT2D eigenvalue weighted by Gasteiger charge is 2.34. The molecule has 0 fully saturated rings. The van der Waals surface area contributed by atoms with E-state index < -0.39 is 152 Å². The maximum absolute atomic E-state index is 13.7. The van der Waals surface area contributed by atoms with Crippen LogP contribution in [-0.2, 0) is 52.7 Å². The Balaban J connectivity index is 6.37. The molecule has 0 aliphatic heterocycles. The molecule has 0 aliphatic carbocycles.